The molecule has 0 atom stereocenters. The van der Waals surface area contributed by atoms with Crippen molar-refractivity contribution < 1.29 is 13.6 Å². The van der Waals surface area contributed by atoms with Gasteiger partial charge in [0.25, 0.3) is 0 Å². The second-order valence-corrected chi connectivity index (χ2v) is 6.67. The molecule has 0 radical (unpaired) electrons. The number of hydrogen-bond acceptors (Lipinski definition) is 5. The molecule has 3 aromatic rings. The maximum Gasteiger partial charge on any atom is 0.223 e. The van der Waals surface area contributed by atoms with Crippen LogP contribution in [0.3, 0.4) is 0 Å². The SMILES string of the molecule is O=C(CCc1ncc(-c2ccccc2F)o1)N1CCN(c2ccncc2)CC1. The zero-order valence-corrected chi connectivity index (χ0v) is 15.4. The Labute approximate surface area is 162 Å². The molecule has 0 unspecified atom stereocenters. The van der Waals surface area contributed by atoms with Crippen LogP contribution in [-0.2, 0) is 11.2 Å². The summed E-state index contributed by atoms with van der Waals surface area (Å²) >= 11 is 0. The average molecular weight is 380 g/mol. The number of carbonyl (C=O) groups excluding carboxylic acids is 1. The van der Waals surface area contributed by atoms with Crippen LogP contribution in [0.5, 0.6) is 0 Å². The van der Waals surface area contributed by atoms with Gasteiger partial charge in [-0.15, -0.1) is 0 Å². The number of hydrogen-bond donors (Lipinski definition) is 0. The van der Waals surface area contributed by atoms with Crippen molar-refractivity contribution in [3.63, 3.8) is 0 Å². The second kappa shape index (κ2) is 8.21. The maximum absolute atomic E-state index is 13.8. The van der Waals surface area contributed by atoms with Gasteiger partial charge in [-0.3, -0.25) is 9.78 Å². The van der Waals surface area contributed by atoms with Crippen LogP contribution in [-0.4, -0.2) is 47.0 Å². The minimum atomic E-state index is -0.353. The van der Waals surface area contributed by atoms with E-state index in [0.29, 0.717) is 43.1 Å². The smallest absolute Gasteiger partial charge is 0.223 e. The number of halogens is 1. The van der Waals surface area contributed by atoms with Gasteiger partial charge in [-0.1, -0.05) is 12.1 Å². The van der Waals surface area contributed by atoms with Crippen molar-refractivity contribution in [2.24, 2.45) is 0 Å². The molecule has 28 heavy (non-hydrogen) atoms. The van der Waals surface area contributed by atoms with Gasteiger partial charge in [-0.05, 0) is 24.3 Å². The van der Waals surface area contributed by atoms with E-state index in [1.165, 1.54) is 12.3 Å². The Hall–Kier alpha value is -3.22. The van der Waals surface area contributed by atoms with E-state index in [0.717, 1.165) is 18.8 Å². The first-order valence-corrected chi connectivity index (χ1v) is 9.33. The number of nitrogens with zero attached hydrogens (tertiary/aromatic N) is 4. The van der Waals surface area contributed by atoms with Crippen LogP contribution in [0.1, 0.15) is 12.3 Å². The number of amides is 1. The van der Waals surface area contributed by atoms with Gasteiger partial charge in [0.15, 0.2) is 11.7 Å². The van der Waals surface area contributed by atoms with Gasteiger partial charge in [0.1, 0.15) is 5.82 Å². The standard InChI is InChI=1S/C21H21FN4O2/c22-18-4-2-1-3-17(18)19-15-24-20(28-19)5-6-21(27)26-13-11-25(12-14-26)16-7-9-23-10-8-16/h1-4,7-10,15H,5-6,11-14H2. The van der Waals surface area contributed by atoms with Gasteiger partial charge in [0.05, 0.1) is 11.8 Å². The summed E-state index contributed by atoms with van der Waals surface area (Å²) in [6, 6.07) is 10.4. The van der Waals surface area contributed by atoms with E-state index in [9.17, 15) is 9.18 Å². The lowest BCUT2D eigenvalue weighted by Gasteiger charge is -2.36. The number of benzene rings is 1. The van der Waals surface area contributed by atoms with E-state index in [1.807, 2.05) is 17.0 Å². The molecular formula is C21H21FN4O2. The normalized spacial score (nSPS) is 14.3. The molecule has 144 valence electrons. The molecule has 3 heterocycles. The molecule has 1 saturated heterocycles. The molecule has 1 amide bonds. The lowest BCUT2D eigenvalue weighted by Crippen LogP contribution is -2.48. The fourth-order valence-corrected chi connectivity index (χ4v) is 3.35. The van der Waals surface area contributed by atoms with E-state index in [2.05, 4.69) is 14.9 Å². The summed E-state index contributed by atoms with van der Waals surface area (Å²) in [4.78, 5) is 24.9. The van der Waals surface area contributed by atoms with Crippen molar-refractivity contribution in [1.82, 2.24) is 14.9 Å². The Morgan fingerprint density at radius 3 is 2.57 bits per heavy atom. The monoisotopic (exact) mass is 380 g/mol. The van der Waals surface area contributed by atoms with Crippen LogP contribution >= 0.6 is 0 Å². The molecule has 1 aromatic carbocycles. The highest BCUT2D eigenvalue weighted by Crippen LogP contribution is 2.23. The van der Waals surface area contributed by atoms with Crippen LogP contribution in [0.15, 0.2) is 59.4 Å². The van der Waals surface area contributed by atoms with E-state index in [-0.39, 0.29) is 11.7 Å². The number of pyridine rings is 1. The molecule has 1 fully saturated rings. The highest BCUT2D eigenvalue weighted by atomic mass is 19.1. The molecule has 7 heteroatoms. The predicted octanol–water partition coefficient (Wildman–Crippen LogP) is 3.16. The third-order valence-electron chi connectivity index (χ3n) is 4.91. The van der Waals surface area contributed by atoms with Crippen LogP contribution in [0.4, 0.5) is 10.1 Å². The molecule has 0 saturated carbocycles. The van der Waals surface area contributed by atoms with E-state index >= 15 is 0 Å². The first-order valence-electron chi connectivity index (χ1n) is 9.33. The second-order valence-electron chi connectivity index (χ2n) is 6.67. The molecule has 6 nitrogen and oxygen atoms in total. The van der Waals surface area contributed by atoms with Gasteiger partial charge in [-0.2, -0.15) is 0 Å². The number of oxazole rings is 1. The Balaban J connectivity index is 1.29. The fourth-order valence-electron chi connectivity index (χ4n) is 3.35. The Bertz CT molecular complexity index is 936. The molecule has 1 aliphatic rings. The maximum atomic E-state index is 13.8. The van der Waals surface area contributed by atoms with Crippen LogP contribution in [0, 0.1) is 5.82 Å². The van der Waals surface area contributed by atoms with Gasteiger partial charge >= 0.3 is 0 Å². The van der Waals surface area contributed by atoms with Crippen LogP contribution in [0.2, 0.25) is 0 Å². The summed E-state index contributed by atoms with van der Waals surface area (Å²) in [5, 5.41) is 0. The van der Waals surface area contributed by atoms with Crippen molar-refractivity contribution in [3.05, 3.63) is 66.7 Å². The molecule has 0 bridgehead atoms. The highest BCUT2D eigenvalue weighted by molar-refractivity contribution is 5.76. The zero-order chi connectivity index (χ0) is 19.3. The number of aryl methyl sites for hydroxylation is 1. The lowest BCUT2D eigenvalue weighted by atomic mass is 10.2. The minimum absolute atomic E-state index is 0.0834. The zero-order valence-electron chi connectivity index (χ0n) is 15.4. The Morgan fingerprint density at radius 2 is 1.82 bits per heavy atom. The number of carbonyl (C=O) groups is 1. The Kier molecular flexibility index (Phi) is 5.32. The summed E-state index contributed by atoms with van der Waals surface area (Å²) in [5.74, 6) is 0.557. The topological polar surface area (TPSA) is 62.5 Å². The summed E-state index contributed by atoms with van der Waals surface area (Å²) in [7, 11) is 0. The van der Waals surface area contributed by atoms with Gasteiger partial charge in [0, 0.05) is 57.1 Å². The molecule has 1 aliphatic heterocycles. The van der Waals surface area contributed by atoms with Gasteiger partial charge in [0.2, 0.25) is 5.91 Å². The van der Waals surface area contributed by atoms with Gasteiger partial charge in [-0.25, -0.2) is 9.37 Å². The van der Waals surface area contributed by atoms with Crippen molar-refractivity contribution in [1.29, 1.82) is 0 Å². The molecule has 0 N–H and O–H groups in total. The van der Waals surface area contributed by atoms with E-state index < -0.39 is 0 Å². The van der Waals surface area contributed by atoms with E-state index in [1.54, 1.807) is 30.6 Å². The van der Waals surface area contributed by atoms with Crippen LogP contribution < -0.4 is 4.90 Å². The van der Waals surface area contributed by atoms with Crippen molar-refractivity contribution >= 4 is 11.6 Å². The molecule has 0 aliphatic carbocycles. The minimum Gasteiger partial charge on any atom is -0.441 e. The fraction of sp³-hybridized carbons (Fsp3) is 0.286. The average Bonchev–Trinajstić information content (AvgIpc) is 3.22. The number of aromatic nitrogens is 2. The third kappa shape index (κ3) is 4.03. The highest BCUT2D eigenvalue weighted by Gasteiger charge is 2.21. The van der Waals surface area contributed by atoms with Crippen molar-refractivity contribution in [2.45, 2.75) is 12.8 Å². The van der Waals surface area contributed by atoms with Gasteiger partial charge < -0.3 is 14.2 Å². The van der Waals surface area contributed by atoms with E-state index in [4.69, 9.17) is 4.42 Å². The molecule has 4 rings (SSSR count). The molecule has 2 aromatic heterocycles. The molecule has 0 spiro atoms. The largest absolute Gasteiger partial charge is 0.441 e. The Morgan fingerprint density at radius 1 is 1.07 bits per heavy atom. The number of anilines is 1. The quantitative estimate of drug-likeness (QED) is 0.680. The number of rotatable bonds is 5. The summed E-state index contributed by atoms with van der Waals surface area (Å²) in [6.07, 6.45) is 5.79. The number of piperazine rings is 1. The van der Waals surface area contributed by atoms with Crippen molar-refractivity contribution in [3.8, 4) is 11.3 Å². The lowest BCUT2D eigenvalue weighted by molar-refractivity contribution is -0.131. The van der Waals surface area contributed by atoms with Crippen molar-refractivity contribution in [2.75, 3.05) is 31.1 Å². The van der Waals surface area contributed by atoms with Crippen LogP contribution in [0.25, 0.3) is 11.3 Å². The summed E-state index contributed by atoms with van der Waals surface area (Å²) < 4.78 is 19.5. The summed E-state index contributed by atoms with van der Waals surface area (Å²) in [6.45, 7) is 2.97. The first kappa shape index (κ1) is 18.2. The predicted molar refractivity (Wildman–Crippen MR) is 103 cm³/mol. The summed E-state index contributed by atoms with van der Waals surface area (Å²) in [5.41, 5.74) is 1.50. The molecular weight excluding hydrogens is 359 g/mol. The first-order chi connectivity index (χ1) is 13.7. The third-order valence-corrected chi connectivity index (χ3v) is 4.91.